The zero-order valence-electron chi connectivity index (χ0n) is 17.1. The van der Waals surface area contributed by atoms with Crippen LogP contribution in [0.2, 0.25) is 0 Å². The van der Waals surface area contributed by atoms with Crippen LogP contribution in [-0.2, 0) is 4.79 Å². The molecular formula is C23H26N2O4. The van der Waals surface area contributed by atoms with Gasteiger partial charge in [-0.3, -0.25) is 9.59 Å². The Morgan fingerprint density at radius 3 is 2.24 bits per heavy atom. The van der Waals surface area contributed by atoms with Crippen molar-refractivity contribution in [1.82, 2.24) is 9.80 Å². The van der Waals surface area contributed by atoms with Gasteiger partial charge in [0.15, 0.2) is 11.5 Å². The third-order valence-corrected chi connectivity index (χ3v) is 4.97. The van der Waals surface area contributed by atoms with E-state index in [9.17, 15) is 9.59 Å². The standard InChI is InChI=1S/C23H26N2O4/c1-17-5-4-6-18(15-17)7-10-22(26)24-11-13-25(14-12-24)23(27)19-8-9-20(28-2)21(16-19)29-3/h4-10,15-16H,11-14H2,1-3H3/b10-7+. The lowest BCUT2D eigenvalue weighted by Gasteiger charge is -2.34. The number of aryl methyl sites for hydroxylation is 1. The molecule has 29 heavy (non-hydrogen) atoms. The van der Waals surface area contributed by atoms with Crippen molar-refractivity contribution in [3.05, 3.63) is 65.2 Å². The molecule has 0 radical (unpaired) electrons. The van der Waals surface area contributed by atoms with Gasteiger partial charge in [0.2, 0.25) is 5.91 Å². The van der Waals surface area contributed by atoms with Crippen molar-refractivity contribution in [3.8, 4) is 11.5 Å². The second kappa shape index (κ2) is 9.28. The van der Waals surface area contributed by atoms with Gasteiger partial charge >= 0.3 is 0 Å². The SMILES string of the molecule is COc1ccc(C(=O)N2CCN(C(=O)/C=C/c3cccc(C)c3)CC2)cc1OC. The van der Waals surface area contributed by atoms with Gasteiger partial charge in [0.05, 0.1) is 14.2 Å². The summed E-state index contributed by atoms with van der Waals surface area (Å²) in [5.41, 5.74) is 2.70. The molecule has 0 saturated carbocycles. The van der Waals surface area contributed by atoms with Crippen LogP contribution in [0.4, 0.5) is 0 Å². The average molecular weight is 394 g/mol. The van der Waals surface area contributed by atoms with Gasteiger partial charge in [0.1, 0.15) is 0 Å². The third-order valence-electron chi connectivity index (χ3n) is 4.97. The van der Waals surface area contributed by atoms with E-state index >= 15 is 0 Å². The lowest BCUT2D eigenvalue weighted by molar-refractivity contribution is -0.127. The zero-order valence-corrected chi connectivity index (χ0v) is 17.1. The summed E-state index contributed by atoms with van der Waals surface area (Å²) in [6.45, 7) is 4.04. The predicted molar refractivity (Wildman–Crippen MR) is 112 cm³/mol. The van der Waals surface area contributed by atoms with Crippen molar-refractivity contribution in [2.24, 2.45) is 0 Å². The molecule has 3 rings (SSSR count). The number of hydrogen-bond donors (Lipinski definition) is 0. The molecule has 0 aromatic heterocycles. The topological polar surface area (TPSA) is 59.1 Å². The van der Waals surface area contributed by atoms with Crippen LogP contribution < -0.4 is 9.47 Å². The van der Waals surface area contributed by atoms with Crippen molar-refractivity contribution < 1.29 is 19.1 Å². The summed E-state index contributed by atoms with van der Waals surface area (Å²) in [6.07, 6.45) is 3.43. The molecule has 0 bridgehead atoms. The molecule has 1 aliphatic heterocycles. The maximum Gasteiger partial charge on any atom is 0.254 e. The Balaban J connectivity index is 1.58. The van der Waals surface area contributed by atoms with Gasteiger partial charge < -0.3 is 19.3 Å². The number of carbonyl (C=O) groups is 2. The molecule has 152 valence electrons. The number of piperazine rings is 1. The van der Waals surface area contributed by atoms with E-state index in [-0.39, 0.29) is 11.8 Å². The fourth-order valence-corrected chi connectivity index (χ4v) is 3.33. The fraction of sp³-hybridized carbons (Fsp3) is 0.304. The summed E-state index contributed by atoms with van der Waals surface area (Å²) in [6, 6.07) is 13.1. The van der Waals surface area contributed by atoms with Crippen LogP contribution in [0.15, 0.2) is 48.5 Å². The van der Waals surface area contributed by atoms with E-state index in [1.54, 1.807) is 48.3 Å². The highest BCUT2D eigenvalue weighted by Gasteiger charge is 2.24. The minimum Gasteiger partial charge on any atom is -0.493 e. The Kier molecular flexibility index (Phi) is 6.54. The molecule has 2 amide bonds. The second-order valence-corrected chi connectivity index (χ2v) is 6.93. The van der Waals surface area contributed by atoms with E-state index < -0.39 is 0 Å². The van der Waals surface area contributed by atoms with E-state index in [2.05, 4.69) is 0 Å². The third kappa shape index (κ3) is 4.96. The van der Waals surface area contributed by atoms with Gasteiger partial charge in [0, 0.05) is 37.8 Å². The molecule has 0 aliphatic carbocycles. The summed E-state index contributed by atoms with van der Waals surface area (Å²) < 4.78 is 10.5. The minimum absolute atomic E-state index is 0.0373. The first-order valence-electron chi connectivity index (χ1n) is 9.57. The molecule has 2 aromatic rings. The van der Waals surface area contributed by atoms with E-state index in [0.717, 1.165) is 11.1 Å². The highest BCUT2D eigenvalue weighted by molar-refractivity contribution is 5.95. The Morgan fingerprint density at radius 2 is 1.59 bits per heavy atom. The van der Waals surface area contributed by atoms with Crippen molar-refractivity contribution >= 4 is 17.9 Å². The number of nitrogens with zero attached hydrogens (tertiary/aromatic N) is 2. The van der Waals surface area contributed by atoms with Crippen LogP contribution in [0.1, 0.15) is 21.5 Å². The Hall–Kier alpha value is -3.28. The predicted octanol–water partition coefficient (Wildman–Crippen LogP) is 3.01. The minimum atomic E-state index is -0.0756. The number of methoxy groups -OCH3 is 2. The lowest BCUT2D eigenvalue weighted by Crippen LogP contribution is -2.50. The number of carbonyl (C=O) groups excluding carboxylic acids is 2. The second-order valence-electron chi connectivity index (χ2n) is 6.93. The maximum absolute atomic E-state index is 12.8. The molecule has 1 fully saturated rings. The quantitative estimate of drug-likeness (QED) is 0.732. The monoisotopic (exact) mass is 394 g/mol. The highest BCUT2D eigenvalue weighted by atomic mass is 16.5. The van der Waals surface area contributed by atoms with Crippen LogP contribution >= 0.6 is 0 Å². The normalized spacial score (nSPS) is 14.2. The van der Waals surface area contributed by atoms with Crippen molar-refractivity contribution in [1.29, 1.82) is 0 Å². The molecule has 0 spiro atoms. The molecule has 1 aliphatic rings. The van der Waals surface area contributed by atoms with E-state index in [0.29, 0.717) is 43.2 Å². The van der Waals surface area contributed by atoms with Crippen molar-refractivity contribution in [2.75, 3.05) is 40.4 Å². The summed E-state index contributed by atoms with van der Waals surface area (Å²) in [5, 5.41) is 0. The number of hydrogen-bond acceptors (Lipinski definition) is 4. The molecular weight excluding hydrogens is 368 g/mol. The summed E-state index contributed by atoms with van der Waals surface area (Å²) in [7, 11) is 3.10. The van der Waals surface area contributed by atoms with Gasteiger partial charge in [0.25, 0.3) is 5.91 Å². The molecule has 1 heterocycles. The molecule has 2 aromatic carbocycles. The number of ether oxygens (including phenoxy) is 2. The van der Waals surface area contributed by atoms with Gasteiger partial charge in [-0.1, -0.05) is 29.8 Å². The van der Waals surface area contributed by atoms with Crippen molar-refractivity contribution in [3.63, 3.8) is 0 Å². The largest absolute Gasteiger partial charge is 0.493 e. The molecule has 6 nitrogen and oxygen atoms in total. The zero-order chi connectivity index (χ0) is 20.8. The summed E-state index contributed by atoms with van der Waals surface area (Å²) in [5.74, 6) is 0.992. The van der Waals surface area contributed by atoms with Crippen molar-refractivity contribution in [2.45, 2.75) is 6.92 Å². The first-order valence-corrected chi connectivity index (χ1v) is 9.57. The van der Waals surface area contributed by atoms with Crippen LogP contribution in [0.25, 0.3) is 6.08 Å². The van der Waals surface area contributed by atoms with Crippen LogP contribution in [0, 0.1) is 6.92 Å². The lowest BCUT2D eigenvalue weighted by atomic mass is 10.1. The molecule has 0 N–H and O–H groups in total. The summed E-state index contributed by atoms with van der Waals surface area (Å²) >= 11 is 0. The van der Waals surface area contributed by atoms with Gasteiger partial charge in [-0.05, 0) is 36.8 Å². The van der Waals surface area contributed by atoms with Gasteiger partial charge in [-0.2, -0.15) is 0 Å². The number of benzene rings is 2. The van der Waals surface area contributed by atoms with E-state index in [1.807, 2.05) is 37.3 Å². The number of amides is 2. The Morgan fingerprint density at radius 1 is 0.897 bits per heavy atom. The molecule has 0 unspecified atom stereocenters. The van der Waals surface area contributed by atoms with Gasteiger partial charge in [-0.15, -0.1) is 0 Å². The number of rotatable bonds is 5. The smallest absolute Gasteiger partial charge is 0.254 e. The molecule has 1 saturated heterocycles. The van der Waals surface area contributed by atoms with E-state index in [1.165, 1.54) is 0 Å². The first-order chi connectivity index (χ1) is 14.0. The first kappa shape index (κ1) is 20.5. The Labute approximate surface area is 171 Å². The Bertz CT molecular complexity index is 915. The summed E-state index contributed by atoms with van der Waals surface area (Å²) in [4.78, 5) is 28.8. The maximum atomic E-state index is 12.8. The molecule has 0 atom stereocenters. The van der Waals surface area contributed by atoms with Crippen LogP contribution in [0.3, 0.4) is 0 Å². The highest BCUT2D eigenvalue weighted by Crippen LogP contribution is 2.28. The van der Waals surface area contributed by atoms with Gasteiger partial charge in [-0.25, -0.2) is 0 Å². The molecule has 6 heteroatoms. The fourth-order valence-electron chi connectivity index (χ4n) is 3.33. The van der Waals surface area contributed by atoms with Crippen LogP contribution in [0.5, 0.6) is 11.5 Å². The average Bonchev–Trinajstić information content (AvgIpc) is 2.76. The van der Waals surface area contributed by atoms with E-state index in [4.69, 9.17) is 9.47 Å². The van der Waals surface area contributed by atoms with Crippen LogP contribution in [-0.4, -0.2) is 62.0 Å².